The zero-order chi connectivity index (χ0) is 21.2. The molecule has 0 radical (unpaired) electrons. The smallest absolute Gasteiger partial charge is 0.414 e. The Bertz CT molecular complexity index is 1240. The summed E-state index contributed by atoms with van der Waals surface area (Å²) in [5, 5.41) is 9.26. The van der Waals surface area contributed by atoms with Gasteiger partial charge in [0, 0.05) is 0 Å². The quantitative estimate of drug-likeness (QED) is 0.511. The van der Waals surface area contributed by atoms with Crippen LogP contribution in [-0.4, -0.2) is 39.9 Å². The van der Waals surface area contributed by atoms with Gasteiger partial charge in [0.25, 0.3) is 5.91 Å². The number of hydrogen-bond donors (Lipinski definition) is 1. The first kappa shape index (κ1) is 19.0. The zero-order valence-corrected chi connectivity index (χ0v) is 17.1. The van der Waals surface area contributed by atoms with E-state index in [0.29, 0.717) is 30.4 Å². The molecule has 0 atom stereocenters. The van der Waals surface area contributed by atoms with Crippen molar-refractivity contribution in [2.24, 2.45) is 0 Å². The van der Waals surface area contributed by atoms with Gasteiger partial charge in [0.15, 0.2) is 5.82 Å². The number of nitrogens with zero attached hydrogens (tertiary/aromatic N) is 4. The number of ether oxygens (including phenoxy) is 1. The summed E-state index contributed by atoms with van der Waals surface area (Å²) in [6.07, 6.45) is -0.437. The molecule has 1 N–H and O–H groups in total. The Kier molecular flexibility index (Phi) is 4.93. The van der Waals surface area contributed by atoms with Crippen LogP contribution in [0.15, 0.2) is 72.1 Å². The van der Waals surface area contributed by atoms with Crippen LogP contribution in [0.1, 0.15) is 10.6 Å². The number of carbonyl (C=O) groups is 2. The van der Waals surface area contributed by atoms with Crippen LogP contribution in [0.25, 0.3) is 16.4 Å². The highest BCUT2D eigenvalue weighted by molar-refractivity contribution is 7.13. The van der Waals surface area contributed by atoms with Gasteiger partial charge in [0.05, 0.1) is 28.5 Å². The van der Waals surface area contributed by atoms with Gasteiger partial charge >= 0.3 is 6.09 Å². The van der Waals surface area contributed by atoms with Gasteiger partial charge in [0.1, 0.15) is 6.61 Å². The third-order valence-corrected chi connectivity index (χ3v) is 5.62. The summed E-state index contributed by atoms with van der Waals surface area (Å²) in [4.78, 5) is 31.9. The van der Waals surface area contributed by atoms with Gasteiger partial charge in [-0.15, -0.1) is 16.4 Å². The van der Waals surface area contributed by atoms with Gasteiger partial charge in [-0.25, -0.2) is 14.5 Å². The van der Waals surface area contributed by atoms with Crippen LogP contribution in [0.5, 0.6) is 0 Å². The molecule has 0 saturated carbocycles. The molecule has 5 rings (SSSR count). The molecule has 154 valence electrons. The number of hydrogen-bond acceptors (Lipinski definition) is 6. The van der Waals surface area contributed by atoms with E-state index in [1.54, 1.807) is 28.9 Å². The van der Waals surface area contributed by atoms with Crippen molar-refractivity contribution in [3.8, 4) is 16.4 Å². The number of aromatic nitrogens is 3. The van der Waals surface area contributed by atoms with Gasteiger partial charge in [-0.05, 0) is 35.7 Å². The number of para-hydroxylation sites is 3. The van der Waals surface area contributed by atoms with E-state index in [1.165, 1.54) is 16.2 Å². The van der Waals surface area contributed by atoms with Crippen molar-refractivity contribution in [3.63, 3.8) is 0 Å². The number of amides is 2. The van der Waals surface area contributed by atoms with Crippen LogP contribution in [0.3, 0.4) is 0 Å². The number of nitrogens with one attached hydrogen (secondary N) is 1. The SMILES string of the molecule is O=C(Nc1ccccc1N1CCOC1=O)c1nc(-c2cccs2)n(-c2ccccc2)n1. The lowest BCUT2D eigenvalue weighted by Crippen LogP contribution is -2.25. The molecule has 4 aromatic rings. The summed E-state index contributed by atoms with van der Waals surface area (Å²) < 4.78 is 6.68. The zero-order valence-electron chi connectivity index (χ0n) is 16.3. The Labute approximate surface area is 181 Å². The normalized spacial score (nSPS) is 13.3. The van der Waals surface area contributed by atoms with Crippen molar-refractivity contribution < 1.29 is 14.3 Å². The van der Waals surface area contributed by atoms with Crippen molar-refractivity contribution in [1.82, 2.24) is 14.8 Å². The predicted octanol–water partition coefficient (Wildman–Crippen LogP) is 4.20. The van der Waals surface area contributed by atoms with Crippen LogP contribution in [-0.2, 0) is 4.74 Å². The summed E-state index contributed by atoms with van der Waals surface area (Å²) in [5.74, 6) is 0.154. The standard InChI is InChI=1S/C22H17N5O3S/c28-21(23-16-9-4-5-10-17(16)26-12-13-30-22(26)29)19-24-20(18-11-6-14-31-18)27(25-19)15-7-2-1-3-8-15/h1-11,14H,12-13H2,(H,23,28). The van der Waals surface area contributed by atoms with Gasteiger partial charge in [-0.2, -0.15) is 0 Å². The number of cyclic esters (lactones) is 1. The van der Waals surface area contributed by atoms with Crippen LogP contribution in [0.4, 0.5) is 16.2 Å². The second kappa shape index (κ2) is 8.04. The molecule has 2 aromatic carbocycles. The summed E-state index contributed by atoms with van der Waals surface area (Å²) in [6.45, 7) is 0.740. The molecule has 2 aromatic heterocycles. The maximum absolute atomic E-state index is 13.0. The van der Waals surface area contributed by atoms with E-state index in [0.717, 1.165) is 10.6 Å². The minimum absolute atomic E-state index is 0.0334. The minimum atomic E-state index is -0.465. The van der Waals surface area contributed by atoms with Crippen molar-refractivity contribution in [1.29, 1.82) is 0 Å². The molecule has 1 saturated heterocycles. The third kappa shape index (κ3) is 3.66. The Hall–Kier alpha value is -3.98. The first-order chi connectivity index (χ1) is 15.2. The Balaban J connectivity index is 1.49. The Morgan fingerprint density at radius 1 is 1.03 bits per heavy atom. The molecule has 0 spiro atoms. The highest BCUT2D eigenvalue weighted by Gasteiger charge is 2.27. The van der Waals surface area contributed by atoms with Gasteiger partial charge in [-0.3, -0.25) is 9.69 Å². The molecule has 8 nitrogen and oxygen atoms in total. The van der Waals surface area contributed by atoms with Crippen LogP contribution >= 0.6 is 11.3 Å². The molecule has 0 aliphatic carbocycles. The number of carbonyl (C=O) groups excluding carboxylic acids is 2. The van der Waals surface area contributed by atoms with Crippen molar-refractivity contribution in [3.05, 3.63) is 77.9 Å². The van der Waals surface area contributed by atoms with Crippen molar-refractivity contribution >= 4 is 34.7 Å². The summed E-state index contributed by atoms with van der Waals surface area (Å²) in [6, 6.07) is 20.5. The van der Waals surface area contributed by atoms with E-state index in [1.807, 2.05) is 47.8 Å². The topological polar surface area (TPSA) is 89.4 Å². The molecular formula is C22H17N5O3S. The van der Waals surface area contributed by atoms with Crippen molar-refractivity contribution in [2.45, 2.75) is 0 Å². The van der Waals surface area contributed by atoms with E-state index >= 15 is 0 Å². The molecule has 2 amide bonds. The lowest BCUT2D eigenvalue weighted by atomic mass is 10.2. The lowest BCUT2D eigenvalue weighted by Gasteiger charge is -2.17. The summed E-state index contributed by atoms with van der Waals surface area (Å²) >= 11 is 1.52. The number of rotatable bonds is 5. The Morgan fingerprint density at radius 3 is 2.58 bits per heavy atom. The fourth-order valence-electron chi connectivity index (χ4n) is 3.33. The van der Waals surface area contributed by atoms with Crippen molar-refractivity contribution in [2.75, 3.05) is 23.4 Å². The van der Waals surface area contributed by atoms with E-state index in [9.17, 15) is 9.59 Å². The Morgan fingerprint density at radius 2 is 1.84 bits per heavy atom. The second-order valence-electron chi connectivity index (χ2n) is 6.72. The van der Waals surface area contributed by atoms with Crippen LogP contribution < -0.4 is 10.2 Å². The van der Waals surface area contributed by atoms with E-state index in [4.69, 9.17) is 4.74 Å². The number of benzene rings is 2. The highest BCUT2D eigenvalue weighted by Crippen LogP contribution is 2.29. The summed E-state index contributed by atoms with van der Waals surface area (Å²) in [5.41, 5.74) is 1.86. The monoisotopic (exact) mass is 431 g/mol. The average molecular weight is 431 g/mol. The van der Waals surface area contributed by atoms with E-state index in [-0.39, 0.29) is 5.82 Å². The van der Waals surface area contributed by atoms with E-state index < -0.39 is 12.0 Å². The molecule has 9 heteroatoms. The molecule has 0 bridgehead atoms. The number of anilines is 2. The first-order valence-corrected chi connectivity index (χ1v) is 10.5. The average Bonchev–Trinajstić information content (AvgIpc) is 3.55. The van der Waals surface area contributed by atoms with Gasteiger partial charge in [0.2, 0.25) is 5.82 Å². The second-order valence-corrected chi connectivity index (χ2v) is 7.67. The molecular weight excluding hydrogens is 414 g/mol. The molecule has 1 aliphatic rings. The fraction of sp³-hybridized carbons (Fsp3) is 0.0909. The summed E-state index contributed by atoms with van der Waals surface area (Å²) in [7, 11) is 0. The number of thiophene rings is 1. The highest BCUT2D eigenvalue weighted by atomic mass is 32.1. The van der Waals surface area contributed by atoms with Crippen LogP contribution in [0.2, 0.25) is 0 Å². The third-order valence-electron chi connectivity index (χ3n) is 4.76. The van der Waals surface area contributed by atoms with Crippen LogP contribution in [0, 0.1) is 0 Å². The molecule has 1 fully saturated rings. The van der Waals surface area contributed by atoms with Gasteiger partial charge in [-0.1, -0.05) is 36.4 Å². The maximum Gasteiger partial charge on any atom is 0.414 e. The minimum Gasteiger partial charge on any atom is -0.447 e. The maximum atomic E-state index is 13.0. The predicted molar refractivity (Wildman–Crippen MR) is 118 cm³/mol. The van der Waals surface area contributed by atoms with Gasteiger partial charge < -0.3 is 10.1 Å². The lowest BCUT2D eigenvalue weighted by molar-refractivity contribution is 0.101. The largest absolute Gasteiger partial charge is 0.447 e. The fourth-order valence-corrected chi connectivity index (χ4v) is 4.03. The molecule has 1 aliphatic heterocycles. The molecule has 0 unspecified atom stereocenters. The first-order valence-electron chi connectivity index (χ1n) is 9.62. The molecule has 31 heavy (non-hydrogen) atoms. The van der Waals surface area contributed by atoms with E-state index in [2.05, 4.69) is 15.4 Å². The molecule has 3 heterocycles.